The Bertz CT molecular complexity index is 454. The third kappa shape index (κ3) is 6.49. The highest BCUT2D eigenvalue weighted by molar-refractivity contribution is 5.77. The molecule has 1 unspecified atom stereocenters. The Morgan fingerprint density at radius 2 is 2.00 bits per heavy atom. The smallest absolute Gasteiger partial charge is 0.257 e. The molecule has 0 radical (unpaired) electrons. The predicted octanol–water partition coefficient (Wildman–Crippen LogP) is 1.99. The monoisotopic (exact) mass is 295 g/mol. The van der Waals surface area contributed by atoms with Gasteiger partial charge in [-0.2, -0.15) is 0 Å². The normalized spacial score (nSPS) is 12.6. The summed E-state index contributed by atoms with van der Waals surface area (Å²) in [4.78, 5) is 11.7. The van der Waals surface area contributed by atoms with Crippen molar-refractivity contribution >= 4 is 5.91 Å². The largest absolute Gasteiger partial charge is 0.497 e. The van der Waals surface area contributed by atoms with Crippen LogP contribution < -0.4 is 14.8 Å². The molecule has 0 saturated heterocycles. The first-order valence-corrected chi connectivity index (χ1v) is 7.04. The number of hydrogen-bond donors (Lipinski definition) is 2. The van der Waals surface area contributed by atoms with Crippen molar-refractivity contribution in [2.24, 2.45) is 5.41 Å². The number of amides is 1. The maximum atomic E-state index is 11.7. The molecule has 0 bridgehead atoms. The van der Waals surface area contributed by atoms with Crippen LogP contribution in [0.15, 0.2) is 24.3 Å². The number of carbonyl (C=O) groups excluding carboxylic acids is 1. The lowest BCUT2D eigenvalue weighted by molar-refractivity contribution is -0.123. The van der Waals surface area contributed by atoms with E-state index in [4.69, 9.17) is 9.47 Å². The molecule has 1 atom stereocenters. The Morgan fingerprint density at radius 3 is 2.62 bits per heavy atom. The van der Waals surface area contributed by atoms with Gasteiger partial charge in [-0.05, 0) is 24.0 Å². The van der Waals surface area contributed by atoms with Crippen LogP contribution in [0.2, 0.25) is 0 Å². The SMILES string of the molecule is COc1cccc(OCC(=O)NCCC(O)C(C)(C)C)c1. The molecule has 1 aromatic rings. The average molecular weight is 295 g/mol. The van der Waals surface area contributed by atoms with Gasteiger partial charge in [0, 0.05) is 12.6 Å². The van der Waals surface area contributed by atoms with Crippen molar-refractivity contribution in [1.82, 2.24) is 5.32 Å². The minimum atomic E-state index is -0.447. The number of benzene rings is 1. The summed E-state index contributed by atoms with van der Waals surface area (Å²) in [7, 11) is 1.58. The molecule has 21 heavy (non-hydrogen) atoms. The Morgan fingerprint density at radius 1 is 1.33 bits per heavy atom. The van der Waals surface area contributed by atoms with Crippen molar-refractivity contribution in [2.45, 2.75) is 33.3 Å². The Kier molecular flexibility index (Phi) is 6.49. The van der Waals surface area contributed by atoms with E-state index in [1.54, 1.807) is 31.4 Å². The predicted molar refractivity (Wildman–Crippen MR) is 81.6 cm³/mol. The molecule has 0 saturated carbocycles. The summed E-state index contributed by atoms with van der Waals surface area (Å²) >= 11 is 0. The van der Waals surface area contributed by atoms with E-state index < -0.39 is 6.10 Å². The average Bonchev–Trinajstić information content (AvgIpc) is 2.44. The number of methoxy groups -OCH3 is 1. The molecule has 0 aliphatic heterocycles. The maximum absolute atomic E-state index is 11.7. The standard InChI is InChI=1S/C16H25NO4/c1-16(2,3)14(18)8-9-17-15(19)11-21-13-7-5-6-12(10-13)20-4/h5-7,10,14,18H,8-9,11H2,1-4H3,(H,17,19). The number of aliphatic hydroxyl groups is 1. The van der Waals surface area contributed by atoms with Crippen molar-refractivity contribution in [3.05, 3.63) is 24.3 Å². The van der Waals surface area contributed by atoms with Crippen LogP contribution in [0.1, 0.15) is 27.2 Å². The van der Waals surface area contributed by atoms with Gasteiger partial charge in [-0.25, -0.2) is 0 Å². The van der Waals surface area contributed by atoms with Crippen LogP contribution in [0.25, 0.3) is 0 Å². The van der Waals surface area contributed by atoms with Gasteiger partial charge >= 0.3 is 0 Å². The highest BCUT2D eigenvalue weighted by Crippen LogP contribution is 2.21. The van der Waals surface area contributed by atoms with Crippen LogP contribution in [-0.2, 0) is 4.79 Å². The van der Waals surface area contributed by atoms with Crippen molar-refractivity contribution in [3.8, 4) is 11.5 Å². The van der Waals surface area contributed by atoms with E-state index in [2.05, 4.69) is 5.32 Å². The molecule has 0 fully saturated rings. The third-order valence-electron chi connectivity index (χ3n) is 3.15. The summed E-state index contributed by atoms with van der Waals surface area (Å²) in [6, 6.07) is 7.09. The molecule has 1 amide bonds. The molecular weight excluding hydrogens is 270 g/mol. The number of rotatable bonds is 7. The fraction of sp³-hybridized carbons (Fsp3) is 0.562. The maximum Gasteiger partial charge on any atom is 0.257 e. The van der Waals surface area contributed by atoms with Gasteiger partial charge in [-0.15, -0.1) is 0 Å². The summed E-state index contributed by atoms with van der Waals surface area (Å²) in [6.45, 7) is 6.26. The summed E-state index contributed by atoms with van der Waals surface area (Å²) in [5.74, 6) is 1.05. The molecular formula is C16H25NO4. The Balaban J connectivity index is 2.28. The lowest BCUT2D eigenvalue weighted by Crippen LogP contribution is -2.34. The van der Waals surface area contributed by atoms with Gasteiger partial charge in [0.15, 0.2) is 6.61 Å². The quantitative estimate of drug-likeness (QED) is 0.807. The summed E-state index contributed by atoms with van der Waals surface area (Å²) in [6.07, 6.45) is 0.0751. The molecule has 1 aromatic carbocycles. The van der Waals surface area contributed by atoms with E-state index in [1.165, 1.54) is 0 Å². The van der Waals surface area contributed by atoms with Gasteiger partial charge in [-0.1, -0.05) is 26.8 Å². The van der Waals surface area contributed by atoms with E-state index in [1.807, 2.05) is 20.8 Å². The second kappa shape index (κ2) is 7.88. The molecule has 0 aliphatic carbocycles. The van der Waals surface area contributed by atoms with Crippen LogP contribution in [0, 0.1) is 5.41 Å². The highest BCUT2D eigenvalue weighted by Gasteiger charge is 2.21. The lowest BCUT2D eigenvalue weighted by atomic mass is 9.87. The van der Waals surface area contributed by atoms with E-state index in [-0.39, 0.29) is 17.9 Å². The van der Waals surface area contributed by atoms with Crippen LogP contribution in [0.4, 0.5) is 0 Å². The Hall–Kier alpha value is -1.75. The van der Waals surface area contributed by atoms with Gasteiger partial charge < -0.3 is 19.9 Å². The second-order valence-corrected chi connectivity index (χ2v) is 5.99. The molecule has 2 N–H and O–H groups in total. The molecule has 0 heterocycles. The molecule has 5 heteroatoms. The molecule has 118 valence electrons. The minimum absolute atomic E-state index is 0.0568. The van der Waals surface area contributed by atoms with Crippen LogP contribution in [-0.4, -0.2) is 37.4 Å². The molecule has 0 aromatic heterocycles. The number of ether oxygens (including phenoxy) is 2. The first-order chi connectivity index (χ1) is 9.82. The first kappa shape index (κ1) is 17.3. The van der Waals surface area contributed by atoms with Gasteiger partial charge in [0.2, 0.25) is 0 Å². The number of aliphatic hydroxyl groups excluding tert-OH is 1. The summed E-state index contributed by atoms with van der Waals surface area (Å²) in [5, 5.41) is 12.6. The lowest BCUT2D eigenvalue weighted by Gasteiger charge is -2.25. The van der Waals surface area contributed by atoms with Crippen LogP contribution >= 0.6 is 0 Å². The second-order valence-electron chi connectivity index (χ2n) is 5.99. The molecule has 1 rings (SSSR count). The van der Waals surface area contributed by atoms with E-state index in [9.17, 15) is 9.90 Å². The van der Waals surface area contributed by atoms with Gasteiger partial charge in [0.1, 0.15) is 11.5 Å². The van der Waals surface area contributed by atoms with Crippen molar-refractivity contribution < 1.29 is 19.4 Å². The summed E-state index contributed by atoms with van der Waals surface area (Å²) in [5.41, 5.74) is -0.179. The Labute approximate surface area is 126 Å². The van der Waals surface area contributed by atoms with Gasteiger partial charge in [0.25, 0.3) is 5.91 Å². The summed E-state index contributed by atoms with van der Waals surface area (Å²) < 4.78 is 10.5. The minimum Gasteiger partial charge on any atom is -0.497 e. The fourth-order valence-corrected chi connectivity index (χ4v) is 1.67. The molecule has 0 aliphatic rings. The van der Waals surface area contributed by atoms with Crippen LogP contribution in [0.3, 0.4) is 0 Å². The fourth-order valence-electron chi connectivity index (χ4n) is 1.67. The first-order valence-electron chi connectivity index (χ1n) is 7.04. The van der Waals surface area contributed by atoms with Crippen molar-refractivity contribution in [3.63, 3.8) is 0 Å². The number of hydrogen-bond acceptors (Lipinski definition) is 4. The molecule has 5 nitrogen and oxygen atoms in total. The van der Waals surface area contributed by atoms with E-state index >= 15 is 0 Å². The highest BCUT2D eigenvalue weighted by atomic mass is 16.5. The molecule has 0 spiro atoms. The van der Waals surface area contributed by atoms with Gasteiger partial charge in [-0.3, -0.25) is 4.79 Å². The van der Waals surface area contributed by atoms with Crippen molar-refractivity contribution in [2.75, 3.05) is 20.3 Å². The van der Waals surface area contributed by atoms with Crippen molar-refractivity contribution in [1.29, 1.82) is 0 Å². The van der Waals surface area contributed by atoms with Gasteiger partial charge in [0.05, 0.1) is 13.2 Å². The zero-order chi connectivity index (χ0) is 15.9. The zero-order valence-corrected chi connectivity index (χ0v) is 13.2. The number of nitrogens with one attached hydrogen (secondary N) is 1. The van der Waals surface area contributed by atoms with E-state index in [0.29, 0.717) is 24.5 Å². The van der Waals surface area contributed by atoms with Crippen LogP contribution in [0.5, 0.6) is 11.5 Å². The van der Waals surface area contributed by atoms with E-state index in [0.717, 1.165) is 0 Å². The number of carbonyl (C=O) groups is 1. The zero-order valence-electron chi connectivity index (χ0n) is 13.2. The third-order valence-corrected chi connectivity index (χ3v) is 3.15. The topological polar surface area (TPSA) is 67.8 Å².